The lowest BCUT2D eigenvalue weighted by molar-refractivity contribution is -0.327. The molecule has 0 saturated carbocycles. The molecule has 5 atom stereocenters. The predicted octanol–water partition coefficient (Wildman–Crippen LogP) is 2.13. The topological polar surface area (TPSA) is 88.4 Å². The van der Waals surface area contributed by atoms with E-state index in [0.717, 1.165) is 11.1 Å². The summed E-state index contributed by atoms with van der Waals surface area (Å²) < 4.78 is 44.7. The molecule has 8 heteroatoms. The second-order valence-electron chi connectivity index (χ2n) is 8.15. The molecule has 2 aliphatic rings. The molecule has 168 valence electrons. The van der Waals surface area contributed by atoms with Crippen molar-refractivity contribution in [3.63, 3.8) is 0 Å². The number of fused-ring (bicyclic) bond motifs is 2. The van der Waals surface area contributed by atoms with Crippen LogP contribution in [0.4, 0.5) is 8.78 Å². The maximum Gasteiger partial charge on any atom is 0.225 e. The van der Waals surface area contributed by atoms with Crippen LogP contribution in [-0.2, 0) is 21.7 Å². The van der Waals surface area contributed by atoms with Gasteiger partial charge in [-0.3, -0.25) is 0 Å². The van der Waals surface area contributed by atoms with Gasteiger partial charge in [-0.1, -0.05) is 18.2 Å². The zero-order chi connectivity index (χ0) is 22.4. The van der Waals surface area contributed by atoms with Gasteiger partial charge in [0.15, 0.2) is 17.2 Å². The monoisotopic (exact) mass is 436 g/mol. The van der Waals surface area contributed by atoms with Crippen LogP contribution in [0.5, 0.6) is 5.75 Å². The van der Waals surface area contributed by atoms with Crippen LogP contribution in [-0.4, -0.2) is 59.1 Å². The summed E-state index contributed by atoms with van der Waals surface area (Å²) in [6.07, 6.45) is -4.51. The van der Waals surface area contributed by atoms with E-state index >= 15 is 0 Å². The summed E-state index contributed by atoms with van der Waals surface area (Å²) in [6, 6.07) is 9.93. The van der Waals surface area contributed by atoms with Crippen LogP contribution in [0.1, 0.15) is 29.2 Å². The fourth-order valence-electron chi connectivity index (χ4n) is 4.27. The van der Waals surface area contributed by atoms with Crippen molar-refractivity contribution in [2.45, 2.75) is 50.0 Å². The Balaban J connectivity index is 1.68. The number of halogens is 2. The molecule has 2 bridgehead atoms. The minimum absolute atomic E-state index is 0.184. The first-order valence-corrected chi connectivity index (χ1v) is 10.2. The SMILES string of the molecule is CCOc1ccc(Cc2cc([C@]34OC[C@](CF)(O3)[C@@H](O)[C@H](O)[C@H]4O)ccc2C)cc1F. The van der Waals surface area contributed by atoms with Gasteiger partial charge < -0.3 is 29.5 Å². The molecule has 2 heterocycles. The smallest absolute Gasteiger partial charge is 0.225 e. The van der Waals surface area contributed by atoms with Crippen molar-refractivity contribution in [2.75, 3.05) is 19.9 Å². The molecule has 0 amide bonds. The number of hydrogen-bond acceptors (Lipinski definition) is 6. The summed E-state index contributed by atoms with van der Waals surface area (Å²) >= 11 is 0. The number of benzene rings is 2. The molecular formula is C23H26F2O6. The summed E-state index contributed by atoms with van der Waals surface area (Å²) in [5, 5.41) is 31.2. The number of aliphatic hydroxyl groups excluding tert-OH is 3. The van der Waals surface area contributed by atoms with Crippen LogP contribution < -0.4 is 4.74 Å². The Morgan fingerprint density at radius 3 is 2.58 bits per heavy atom. The largest absolute Gasteiger partial charge is 0.491 e. The van der Waals surface area contributed by atoms with Crippen LogP contribution in [0.3, 0.4) is 0 Å². The zero-order valence-electron chi connectivity index (χ0n) is 17.3. The van der Waals surface area contributed by atoms with Crippen LogP contribution in [0, 0.1) is 12.7 Å². The summed E-state index contributed by atoms with van der Waals surface area (Å²) in [7, 11) is 0. The fraction of sp³-hybridized carbons (Fsp3) is 0.478. The van der Waals surface area contributed by atoms with Gasteiger partial charge in [-0.15, -0.1) is 0 Å². The average Bonchev–Trinajstić information content (AvgIpc) is 3.15. The lowest BCUT2D eigenvalue weighted by Crippen LogP contribution is -2.65. The van der Waals surface area contributed by atoms with Crippen LogP contribution in [0.2, 0.25) is 0 Å². The molecule has 2 fully saturated rings. The van der Waals surface area contributed by atoms with E-state index in [9.17, 15) is 24.1 Å². The van der Waals surface area contributed by atoms with Crippen molar-refractivity contribution >= 4 is 0 Å². The van der Waals surface area contributed by atoms with E-state index in [1.165, 1.54) is 6.07 Å². The molecule has 0 unspecified atom stereocenters. The minimum atomic E-state index is -1.81. The molecule has 0 radical (unpaired) electrons. The highest BCUT2D eigenvalue weighted by Crippen LogP contribution is 2.50. The van der Waals surface area contributed by atoms with Crippen molar-refractivity contribution < 1.29 is 38.3 Å². The molecule has 2 aliphatic heterocycles. The third kappa shape index (κ3) is 3.52. The average molecular weight is 436 g/mol. The van der Waals surface area contributed by atoms with Crippen LogP contribution >= 0.6 is 0 Å². The Morgan fingerprint density at radius 2 is 1.90 bits per heavy atom. The maximum atomic E-state index is 14.3. The van der Waals surface area contributed by atoms with Gasteiger partial charge in [0.05, 0.1) is 13.2 Å². The van der Waals surface area contributed by atoms with Gasteiger partial charge in [-0.05, 0) is 55.2 Å². The normalized spacial score (nSPS) is 32.3. The zero-order valence-corrected chi connectivity index (χ0v) is 17.3. The maximum absolute atomic E-state index is 14.3. The quantitative estimate of drug-likeness (QED) is 0.643. The molecule has 3 N–H and O–H groups in total. The standard InChI is InChI=1S/C23H26F2O6/c1-3-29-18-7-5-14(9-17(18)25)8-15-10-16(6-4-13(15)2)23-21(28)19(26)20(27)22(11-24,31-23)12-30-23/h4-7,9-10,19-21,26-28H,3,8,11-12H2,1-2H3/t19-,20-,21+,22-,23-/m0/s1. The highest BCUT2D eigenvalue weighted by Gasteiger charge is 2.67. The summed E-state index contributed by atoms with van der Waals surface area (Å²) in [5.74, 6) is -2.08. The number of hydrogen-bond donors (Lipinski definition) is 3. The van der Waals surface area contributed by atoms with Gasteiger partial charge in [0.1, 0.15) is 25.0 Å². The van der Waals surface area contributed by atoms with Crippen LogP contribution in [0.25, 0.3) is 0 Å². The van der Waals surface area contributed by atoms with E-state index in [-0.39, 0.29) is 12.4 Å². The Kier molecular flexibility index (Phi) is 5.78. The molecule has 0 aliphatic carbocycles. The van der Waals surface area contributed by atoms with E-state index in [1.54, 1.807) is 37.3 Å². The molecule has 0 aromatic heterocycles. The highest BCUT2D eigenvalue weighted by atomic mass is 19.1. The van der Waals surface area contributed by atoms with Gasteiger partial charge in [0, 0.05) is 5.56 Å². The van der Waals surface area contributed by atoms with Crippen molar-refractivity contribution in [3.05, 3.63) is 64.5 Å². The van der Waals surface area contributed by atoms with Gasteiger partial charge >= 0.3 is 0 Å². The Labute approximate surface area is 179 Å². The molecule has 4 rings (SSSR count). The lowest BCUT2D eigenvalue weighted by Gasteiger charge is -2.45. The van der Waals surface area contributed by atoms with Gasteiger partial charge in [-0.25, -0.2) is 8.78 Å². The number of ether oxygens (including phenoxy) is 3. The van der Waals surface area contributed by atoms with Crippen LogP contribution in [0.15, 0.2) is 36.4 Å². The first-order chi connectivity index (χ1) is 14.8. The van der Waals surface area contributed by atoms with E-state index in [1.807, 2.05) is 6.92 Å². The molecular weight excluding hydrogens is 410 g/mol. The Bertz CT molecular complexity index is 969. The van der Waals surface area contributed by atoms with E-state index < -0.39 is 42.2 Å². The van der Waals surface area contributed by atoms with Crippen molar-refractivity contribution in [3.8, 4) is 5.75 Å². The van der Waals surface area contributed by atoms with Gasteiger partial charge in [0.25, 0.3) is 0 Å². The Hall–Kier alpha value is -2.10. The first kappa shape index (κ1) is 22.1. The van der Waals surface area contributed by atoms with Gasteiger partial charge in [0.2, 0.25) is 5.79 Å². The summed E-state index contributed by atoms with van der Waals surface area (Å²) in [5.41, 5.74) is 1.07. The number of alkyl halides is 1. The van der Waals surface area contributed by atoms with Crippen molar-refractivity contribution in [1.82, 2.24) is 0 Å². The molecule has 0 spiro atoms. The van der Waals surface area contributed by atoms with Crippen molar-refractivity contribution in [1.29, 1.82) is 0 Å². The summed E-state index contributed by atoms with van der Waals surface area (Å²) in [4.78, 5) is 0. The molecule has 31 heavy (non-hydrogen) atoms. The number of aryl methyl sites for hydroxylation is 1. The molecule has 2 saturated heterocycles. The van der Waals surface area contributed by atoms with E-state index in [0.29, 0.717) is 24.2 Å². The molecule has 2 aromatic rings. The summed E-state index contributed by atoms with van der Waals surface area (Å²) in [6.45, 7) is 2.64. The molecule has 2 aromatic carbocycles. The predicted molar refractivity (Wildman–Crippen MR) is 107 cm³/mol. The molecule has 6 nitrogen and oxygen atoms in total. The van der Waals surface area contributed by atoms with Gasteiger partial charge in [-0.2, -0.15) is 0 Å². The second kappa shape index (κ2) is 8.11. The first-order valence-electron chi connectivity index (χ1n) is 10.2. The number of rotatable bonds is 6. The van der Waals surface area contributed by atoms with E-state index in [2.05, 4.69) is 0 Å². The van der Waals surface area contributed by atoms with E-state index in [4.69, 9.17) is 14.2 Å². The van der Waals surface area contributed by atoms with Crippen molar-refractivity contribution in [2.24, 2.45) is 0 Å². The highest BCUT2D eigenvalue weighted by molar-refractivity contribution is 5.40. The number of aliphatic hydroxyl groups is 3. The Morgan fingerprint density at radius 1 is 1.13 bits per heavy atom. The lowest BCUT2D eigenvalue weighted by atomic mass is 9.83. The third-order valence-corrected chi connectivity index (χ3v) is 6.13. The fourth-order valence-corrected chi connectivity index (χ4v) is 4.27. The minimum Gasteiger partial charge on any atom is -0.491 e. The second-order valence-corrected chi connectivity index (χ2v) is 8.15. The third-order valence-electron chi connectivity index (χ3n) is 6.13.